The Morgan fingerprint density at radius 2 is 1.70 bits per heavy atom. The Labute approximate surface area is 174 Å². The average Bonchev–Trinajstić information content (AvgIpc) is 2.72. The first kappa shape index (κ1) is 22.9. The maximum atomic E-state index is 13.5. The van der Waals surface area contributed by atoms with Gasteiger partial charge in [0.2, 0.25) is 11.8 Å². The summed E-state index contributed by atoms with van der Waals surface area (Å²) in [5, 5.41) is 5.18. The summed E-state index contributed by atoms with van der Waals surface area (Å²) in [7, 11) is 2.73. The number of carbonyl (C=O) groups is 3. The van der Waals surface area contributed by atoms with E-state index >= 15 is 0 Å². The molecule has 0 aromatic heterocycles. The fraction of sp³-hybridized carbons (Fsp3) is 0.318. The van der Waals surface area contributed by atoms with Crippen molar-refractivity contribution in [3.8, 4) is 5.75 Å². The largest absolute Gasteiger partial charge is 0.496 e. The first-order chi connectivity index (χ1) is 14.3. The minimum Gasteiger partial charge on any atom is -0.496 e. The van der Waals surface area contributed by atoms with Gasteiger partial charge in [0.1, 0.15) is 23.7 Å². The highest BCUT2D eigenvalue weighted by Gasteiger charge is 2.28. The molecule has 2 rings (SSSR count). The summed E-state index contributed by atoms with van der Waals surface area (Å²) >= 11 is 0. The zero-order valence-corrected chi connectivity index (χ0v) is 17.1. The fourth-order valence-electron chi connectivity index (χ4n) is 3.05. The van der Waals surface area contributed by atoms with Crippen LogP contribution in [-0.2, 0) is 32.0 Å². The summed E-state index contributed by atoms with van der Waals surface area (Å²) in [6.07, 6.45) is 0.195. The quantitative estimate of drug-likeness (QED) is 0.608. The van der Waals surface area contributed by atoms with Gasteiger partial charge in [-0.2, -0.15) is 0 Å². The normalized spacial score (nSPS) is 12.4. The second kappa shape index (κ2) is 10.9. The van der Waals surface area contributed by atoms with Crippen molar-refractivity contribution in [3.05, 3.63) is 65.5 Å². The molecular weight excluding hydrogens is 391 g/mol. The summed E-state index contributed by atoms with van der Waals surface area (Å²) in [4.78, 5) is 36.8. The number of methoxy groups -OCH3 is 2. The molecule has 0 saturated heterocycles. The lowest BCUT2D eigenvalue weighted by Crippen LogP contribution is -2.53. The van der Waals surface area contributed by atoms with E-state index in [1.165, 1.54) is 39.3 Å². The molecule has 0 aliphatic heterocycles. The van der Waals surface area contributed by atoms with Gasteiger partial charge in [0.05, 0.1) is 14.2 Å². The standard InChI is InChI=1S/C22H25FN2O5/c1-14(26)24-18(12-15-7-6-9-17(23)11-15)21(27)25-19(22(28)30-3)13-16-8-4-5-10-20(16)29-2/h4-11,18-19H,12-13H2,1-3H3,(H,24,26)(H,25,27)/t18-,19-/m0/s1. The van der Waals surface area contributed by atoms with E-state index in [1.807, 2.05) is 0 Å². The molecule has 0 unspecified atom stereocenters. The predicted octanol–water partition coefficient (Wildman–Crippen LogP) is 1.78. The predicted molar refractivity (Wildman–Crippen MR) is 108 cm³/mol. The van der Waals surface area contributed by atoms with Gasteiger partial charge in [0.15, 0.2) is 0 Å². The molecule has 0 spiro atoms. The van der Waals surface area contributed by atoms with Crippen LogP contribution in [0.25, 0.3) is 0 Å². The van der Waals surface area contributed by atoms with Crippen molar-refractivity contribution in [1.82, 2.24) is 10.6 Å². The zero-order chi connectivity index (χ0) is 22.1. The van der Waals surface area contributed by atoms with Crippen molar-refractivity contribution in [2.24, 2.45) is 0 Å². The number of halogens is 1. The number of esters is 1. The third-order valence-corrected chi connectivity index (χ3v) is 4.44. The van der Waals surface area contributed by atoms with Gasteiger partial charge >= 0.3 is 5.97 Å². The molecule has 0 bridgehead atoms. The molecule has 0 aliphatic carbocycles. The number of carbonyl (C=O) groups excluding carboxylic acids is 3. The average molecular weight is 416 g/mol. The molecule has 0 fully saturated rings. The van der Waals surface area contributed by atoms with Gasteiger partial charge < -0.3 is 20.1 Å². The van der Waals surface area contributed by atoms with Gasteiger partial charge in [0.25, 0.3) is 0 Å². The smallest absolute Gasteiger partial charge is 0.328 e. The molecule has 0 heterocycles. The molecule has 0 radical (unpaired) electrons. The van der Waals surface area contributed by atoms with Crippen LogP contribution in [0.1, 0.15) is 18.1 Å². The maximum Gasteiger partial charge on any atom is 0.328 e. The molecule has 2 N–H and O–H groups in total. The van der Waals surface area contributed by atoms with Gasteiger partial charge in [-0.25, -0.2) is 9.18 Å². The lowest BCUT2D eigenvalue weighted by atomic mass is 10.0. The third-order valence-electron chi connectivity index (χ3n) is 4.44. The van der Waals surface area contributed by atoms with Crippen LogP contribution in [0, 0.1) is 5.82 Å². The molecule has 2 aromatic carbocycles. The van der Waals surface area contributed by atoms with Gasteiger partial charge in [-0.05, 0) is 29.3 Å². The Balaban J connectivity index is 2.21. The molecule has 160 valence electrons. The van der Waals surface area contributed by atoms with E-state index in [1.54, 1.807) is 30.3 Å². The summed E-state index contributed by atoms with van der Waals surface area (Å²) in [6.45, 7) is 1.28. The van der Waals surface area contributed by atoms with Gasteiger partial charge in [0, 0.05) is 19.8 Å². The van der Waals surface area contributed by atoms with Crippen LogP contribution in [0.4, 0.5) is 4.39 Å². The SMILES string of the molecule is COC(=O)[C@H](Cc1ccccc1OC)NC(=O)[C@H](Cc1cccc(F)c1)NC(C)=O. The van der Waals surface area contributed by atoms with E-state index in [0.29, 0.717) is 16.9 Å². The highest BCUT2D eigenvalue weighted by atomic mass is 19.1. The number of hydrogen-bond acceptors (Lipinski definition) is 5. The lowest BCUT2D eigenvalue weighted by molar-refractivity contribution is -0.145. The molecular formula is C22H25FN2O5. The van der Waals surface area contributed by atoms with Crippen LogP contribution in [0.5, 0.6) is 5.75 Å². The number of ether oxygens (including phenoxy) is 2. The molecule has 2 amide bonds. The fourth-order valence-corrected chi connectivity index (χ4v) is 3.05. The number of benzene rings is 2. The topological polar surface area (TPSA) is 93.7 Å². The van der Waals surface area contributed by atoms with Crippen molar-refractivity contribution in [2.45, 2.75) is 31.8 Å². The van der Waals surface area contributed by atoms with E-state index in [-0.39, 0.29) is 12.8 Å². The summed E-state index contributed by atoms with van der Waals surface area (Å²) in [5.41, 5.74) is 1.24. The van der Waals surface area contributed by atoms with Crippen LogP contribution >= 0.6 is 0 Å². The van der Waals surface area contributed by atoms with Crippen LogP contribution < -0.4 is 15.4 Å². The number of nitrogens with one attached hydrogen (secondary N) is 2. The lowest BCUT2D eigenvalue weighted by Gasteiger charge is -2.22. The molecule has 0 aliphatic rings. The van der Waals surface area contributed by atoms with Crippen LogP contribution in [0.15, 0.2) is 48.5 Å². The highest BCUT2D eigenvalue weighted by Crippen LogP contribution is 2.19. The minimum atomic E-state index is -0.998. The Morgan fingerprint density at radius 3 is 2.33 bits per heavy atom. The molecule has 8 heteroatoms. The van der Waals surface area contributed by atoms with Gasteiger partial charge in [-0.1, -0.05) is 30.3 Å². The van der Waals surface area contributed by atoms with Crippen molar-refractivity contribution in [3.63, 3.8) is 0 Å². The first-order valence-electron chi connectivity index (χ1n) is 9.35. The summed E-state index contributed by atoms with van der Waals surface area (Å²) in [6, 6.07) is 10.9. The maximum absolute atomic E-state index is 13.5. The molecule has 2 atom stereocenters. The van der Waals surface area contributed by atoms with E-state index in [4.69, 9.17) is 9.47 Å². The number of amides is 2. The van der Waals surface area contributed by atoms with Crippen LogP contribution in [0.2, 0.25) is 0 Å². The highest BCUT2D eigenvalue weighted by molar-refractivity contribution is 5.90. The van der Waals surface area contributed by atoms with E-state index < -0.39 is 35.7 Å². The first-order valence-corrected chi connectivity index (χ1v) is 9.35. The van der Waals surface area contributed by atoms with Crippen molar-refractivity contribution < 1.29 is 28.2 Å². The summed E-state index contributed by atoms with van der Waals surface area (Å²) < 4.78 is 23.6. The summed E-state index contributed by atoms with van der Waals surface area (Å²) in [5.74, 6) is -1.52. The van der Waals surface area contributed by atoms with Gasteiger partial charge in [-0.15, -0.1) is 0 Å². The van der Waals surface area contributed by atoms with Gasteiger partial charge in [-0.3, -0.25) is 9.59 Å². The molecule has 7 nitrogen and oxygen atoms in total. The minimum absolute atomic E-state index is 0.0612. The van der Waals surface area contributed by atoms with E-state index in [9.17, 15) is 18.8 Å². The van der Waals surface area contributed by atoms with Crippen LogP contribution in [0.3, 0.4) is 0 Å². The Hall–Kier alpha value is -3.42. The second-order valence-corrected chi connectivity index (χ2v) is 6.69. The number of hydrogen-bond donors (Lipinski definition) is 2. The zero-order valence-electron chi connectivity index (χ0n) is 17.1. The Morgan fingerprint density at radius 1 is 0.967 bits per heavy atom. The molecule has 30 heavy (non-hydrogen) atoms. The van der Waals surface area contributed by atoms with E-state index in [2.05, 4.69) is 10.6 Å². The third kappa shape index (κ3) is 6.58. The van der Waals surface area contributed by atoms with Crippen molar-refractivity contribution >= 4 is 17.8 Å². The Kier molecular flexibility index (Phi) is 8.34. The number of rotatable bonds is 9. The monoisotopic (exact) mass is 416 g/mol. The molecule has 2 aromatic rings. The van der Waals surface area contributed by atoms with E-state index in [0.717, 1.165) is 0 Å². The Bertz CT molecular complexity index is 903. The molecule has 0 saturated carbocycles. The van der Waals surface area contributed by atoms with Crippen molar-refractivity contribution in [1.29, 1.82) is 0 Å². The van der Waals surface area contributed by atoms with Crippen LogP contribution in [-0.4, -0.2) is 44.1 Å². The number of para-hydroxylation sites is 1. The van der Waals surface area contributed by atoms with Crippen molar-refractivity contribution in [2.75, 3.05) is 14.2 Å². The second-order valence-electron chi connectivity index (χ2n) is 6.69.